The minimum Gasteiger partial charge on any atom is -0.380 e. The smallest absolute Gasteiger partial charge is 0.168 e. The van der Waals surface area contributed by atoms with E-state index in [0.29, 0.717) is 11.3 Å². The molecule has 0 aliphatic heterocycles. The third-order valence-corrected chi connectivity index (χ3v) is 1.29. The first-order chi connectivity index (χ1) is 5.77. The number of hydrogen-bond donors (Lipinski definition) is 2. The number of rotatable bonds is 1. The maximum atomic E-state index is 8.45. The molecule has 0 unspecified atom stereocenters. The minimum atomic E-state index is 0. The highest BCUT2D eigenvalue weighted by atomic mass is 35.5. The third-order valence-electron chi connectivity index (χ3n) is 1.29. The summed E-state index contributed by atoms with van der Waals surface area (Å²) in [4.78, 5) is 3.86. The van der Waals surface area contributed by atoms with Crippen LogP contribution in [0.4, 0.5) is 0 Å². The second kappa shape index (κ2) is 4.95. The molecule has 0 fully saturated rings. The number of halogens is 1. The zero-order valence-electron chi connectivity index (χ0n) is 6.64. The molecule has 1 aromatic rings. The Bertz CT molecular complexity index is 337. The zero-order valence-corrected chi connectivity index (χ0v) is 7.45. The molecular formula is C7H8ClN5. The lowest BCUT2D eigenvalue weighted by Crippen LogP contribution is -2.16. The van der Waals surface area contributed by atoms with Gasteiger partial charge in [0.2, 0.25) is 0 Å². The van der Waals surface area contributed by atoms with E-state index in [9.17, 15) is 0 Å². The SMILES string of the molecule is Cl.N#Cc1ccc(C(N)=NN)nc1. The van der Waals surface area contributed by atoms with Crippen molar-refractivity contribution in [2.24, 2.45) is 16.7 Å². The van der Waals surface area contributed by atoms with Gasteiger partial charge in [-0.25, -0.2) is 0 Å². The summed E-state index contributed by atoms with van der Waals surface area (Å²) < 4.78 is 0. The van der Waals surface area contributed by atoms with Crippen molar-refractivity contribution < 1.29 is 0 Å². The normalized spacial score (nSPS) is 9.92. The number of hydrazone groups is 1. The lowest BCUT2D eigenvalue weighted by atomic mass is 10.2. The molecule has 13 heavy (non-hydrogen) atoms. The summed E-state index contributed by atoms with van der Waals surface area (Å²) in [7, 11) is 0. The van der Waals surface area contributed by atoms with Crippen molar-refractivity contribution in [2.45, 2.75) is 0 Å². The van der Waals surface area contributed by atoms with E-state index in [2.05, 4.69) is 10.1 Å². The lowest BCUT2D eigenvalue weighted by Gasteiger charge is -1.96. The fourth-order valence-corrected chi connectivity index (χ4v) is 0.678. The minimum absolute atomic E-state index is 0. The van der Waals surface area contributed by atoms with Crippen LogP contribution in [-0.2, 0) is 0 Å². The summed E-state index contributed by atoms with van der Waals surface area (Å²) in [5.74, 6) is 5.08. The van der Waals surface area contributed by atoms with E-state index in [-0.39, 0.29) is 18.2 Å². The Morgan fingerprint density at radius 1 is 1.54 bits per heavy atom. The molecule has 0 bridgehead atoms. The Morgan fingerprint density at radius 3 is 2.62 bits per heavy atom. The molecule has 0 spiro atoms. The van der Waals surface area contributed by atoms with Crippen molar-refractivity contribution in [3.8, 4) is 6.07 Å². The number of hydrogen-bond acceptors (Lipinski definition) is 4. The molecule has 6 heteroatoms. The fraction of sp³-hybridized carbons (Fsp3) is 0. The van der Waals surface area contributed by atoms with Gasteiger partial charge >= 0.3 is 0 Å². The van der Waals surface area contributed by atoms with Crippen LogP contribution in [0.3, 0.4) is 0 Å². The van der Waals surface area contributed by atoms with E-state index in [1.807, 2.05) is 6.07 Å². The van der Waals surface area contributed by atoms with Crippen LogP contribution in [0, 0.1) is 11.3 Å². The number of aromatic nitrogens is 1. The van der Waals surface area contributed by atoms with Crippen molar-refractivity contribution in [1.82, 2.24) is 4.98 Å². The Hall–Kier alpha value is -1.80. The summed E-state index contributed by atoms with van der Waals surface area (Å²) >= 11 is 0. The standard InChI is InChI=1S/C7H7N5.ClH/c8-3-5-1-2-6(11-4-5)7(9)12-10;/h1-2,4H,10H2,(H2,9,12);1H. The molecule has 0 aliphatic rings. The molecule has 1 rings (SSSR count). The van der Waals surface area contributed by atoms with Crippen molar-refractivity contribution >= 4 is 18.2 Å². The molecule has 1 heterocycles. The van der Waals surface area contributed by atoms with Gasteiger partial charge in [0.1, 0.15) is 11.8 Å². The van der Waals surface area contributed by atoms with E-state index in [4.69, 9.17) is 16.8 Å². The van der Waals surface area contributed by atoms with Gasteiger partial charge in [0.05, 0.1) is 5.56 Å². The molecule has 0 atom stereocenters. The van der Waals surface area contributed by atoms with Gasteiger partial charge in [-0.3, -0.25) is 4.98 Å². The van der Waals surface area contributed by atoms with Crippen molar-refractivity contribution in [2.75, 3.05) is 0 Å². The molecule has 0 amide bonds. The lowest BCUT2D eigenvalue weighted by molar-refractivity contribution is 1.19. The summed E-state index contributed by atoms with van der Waals surface area (Å²) in [5, 5.41) is 11.7. The Balaban J connectivity index is 0.00000144. The van der Waals surface area contributed by atoms with Crippen LogP contribution < -0.4 is 11.6 Å². The molecule has 0 aromatic carbocycles. The van der Waals surface area contributed by atoms with Gasteiger partial charge in [-0.1, -0.05) is 0 Å². The molecule has 1 aromatic heterocycles. The maximum Gasteiger partial charge on any atom is 0.168 e. The molecule has 4 N–H and O–H groups in total. The average molecular weight is 198 g/mol. The third kappa shape index (κ3) is 2.61. The molecule has 0 radical (unpaired) electrons. The van der Waals surface area contributed by atoms with Gasteiger partial charge < -0.3 is 11.6 Å². The van der Waals surface area contributed by atoms with Crippen LogP contribution in [0.5, 0.6) is 0 Å². The maximum absolute atomic E-state index is 8.45. The number of nitrogens with two attached hydrogens (primary N) is 2. The largest absolute Gasteiger partial charge is 0.380 e. The monoisotopic (exact) mass is 197 g/mol. The predicted molar refractivity (Wildman–Crippen MR) is 51.1 cm³/mol. The van der Waals surface area contributed by atoms with Crippen molar-refractivity contribution in [3.63, 3.8) is 0 Å². The highest BCUT2D eigenvalue weighted by molar-refractivity contribution is 5.95. The van der Waals surface area contributed by atoms with E-state index >= 15 is 0 Å². The number of nitrogens with zero attached hydrogens (tertiary/aromatic N) is 3. The first-order valence-electron chi connectivity index (χ1n) is 3.18. The molecule has 0 saturated heterocycles. The van der Waals surface area contributed by atoms with Crippen LogP contribution in [0.25, 0.3) is 0 Å². The zero-order chi connectivity index (χ0) is 8.97. The second-order valence-electron chi connectivity index (χ2n) is 2.06. The highest BCUT2D eigenvalue weighted by Crippen LogP contribution is 1.97. The first-order valence-corrected chi connectivity index (χ1v) is 3.18. The first kappa shape index (κ1) is 11.2. The topological polar surface area (TPSA) is 101 Å². The summed E-state index contributed by atoms with van der Waals surface area (Å²) in [5.41, 5.74) is 6.31. The van der Waals surface area contributed by atoms with Gasteiger partial charge in [0.25, 0.3) is 0 Å². The van der Waals surface area contributed by atoms with Gasteiger partial charge in [-0.2, -0.15) is 10.4 Å². The molecule has 0 saturated carbocycles. The van der Waals surface area contributed by atoms with E-state index in [1.54, 1.807) is 12.1 Å². The number of amidine groups is 1. The van der Waals surface area contributed by atoms with Gasteiger partial charge in [-0.05, 0) is 12.1 Å². The molecule has 5 nitrogen and oxygen atoms in total. The quantitative estimate of drug-likeness (QED) is 0.285. The summed E-state index contributed by atoms with van der Waals surface area (Å²) in [6.07, 6.45) is 1.41. The van der Waals surface area contributed by atoms with Gasteiger partial charge in [0.15, 0.2) is 5.84 Å². The predicted octanol–water partition coefficient (Wildman–Crippen LogP) is -0.0459. The van der Waals surface area contributed by atoms with Crippen molar-refractivity contribution in [3.05, 3.63) is 29.6 Å². The highest BCUT2D eigenvalue weighted by Gasteiger charge is 1.98. The Morgan fingerprint density at radius 2 is 2.23 bits per heavy atom. The number of pyridine rings is 1. The van der Waals surface area contributed by atoms with E-state index in [1.165, 1.54) is 6.20 Å². The molecule has 0 aliphatic carbocycles. The fourth-order valence-electron chi connectivity index (χ4n) is 0.678. The number of nitriles is 1. The van der Waals surface area contributed by atoms with Crippen LogP contribution >= 0.6 is 12.4 Å². The second-order valence-corrected chi connectivity index (χ2v) is 2.06. The van der Waals surface area contributed by atoms with Crippen molar-refractivity contribution in [1.29, 1.82) is 5.26 Å². The van der Waals surface area contributed by atoms with Crippen LogP contribution in [0.15, 0.2) is 23.4 Å². The van der Waals surface area contributed by atoms with Gasteiger partial charge in [-0.15, -0.1) is 12.4 Å². The van der Waals surface area contributed by atoms with E-state index < -0.39 is 0 Å². The molecular weight excluding hydrogens is 190 g/mol. The van der Waals surface area contributed by atoms with Crippen LogP contribution in [0.1, 0.15) is 11.3 Å². The van der Waals surface area contributed by atoms with Crippen LogP contribution in [-0.4, -0.2) is 10.8 Å². The summed E-state index contributed by atoms with van der Waals surface area (Å²) in [6.45, 7) is 0. The van der Waals surface area contributed by atoms with Crippen LogP contribution in [0.2, 0.25) is 0 Å². The Kier molecular flexibility index (Phi) is 4.27. The van der Waals surface area contributed by atoms with Gasteiger partial charge in [0, 0.05) is 6.20 Å². The summed E-state index contributed by atoms with van der Waals surface area (Å²) in [6, 6.07) is 5.12. The Labute approximate surface area is 81.5 Å². The average Bonchev–Trinajstić information content (AvgIpc) is 2.17. The van der Waals surface area contributed by atoms with E-state index in [0.717, 1.165) is 0 Å². The molecule has 68 valence electrons.